The number of nitrogens with zero attached hydrogens (tertiary/aromatic N) is 1. The molecule has 0 heterocycles. The Bertz CT molecular complexity index is 838. The standard InChI is InChI=1S/C20H17F3N2O2/c21-20(22,23)16-9-6-15(7-10-16)8-11-19(26)25-17-4-3-5-18(14-17)27-13-2-1-12-24/h3-11,14H,1-2,13H2,(H,25,26)/b11-8+. The predicted octanol–water partition coefficient (Wildman–Crippen LogP) is 5.04. The molecule has 0 saturated heterocycles. The second-order valence-electron chi connectivity index (χ2n) is 5.58. The number of anilines is 1. The van der Waals surface area contributed by atoms with Crippen molar-refractivity contribution >= 4 is 17.7 Å². The zero-order valence-electron chi connectivity index (χ0n) is 14.3. The van der Waals surface area contributed by atoms with Crippen LogP contribution in [0.25, 0.3) is 6.08 Å². The highest BCUT2D eigenvalue weighted by atomic mass is 19.4. The van der Waals surface area contributed by atoms with Crippen LogP contribution in [-0.2, 0) is 11.0 Å². The Morgan fingerprint density at radius 3 is 2.59 bits per heavy atom. The summed E-state index contributed by atoms with van der Waals surface area (Å²) >= 11 is 0. The number of halogens is 3. The summed E-state index contributed by atoms with van der Waals surface area (Å²) in [6.07, 6.45) is -0.698. The van der Waals surface area contributed by atoms with E-state index in [0.29, 0.717) is 36.4 Å². The molecule has 1 N–H and O–H groups in total. The lowest BCUT2D eigenvalue weighted by molar-refractivity contribution is -0.137. The van der Waals surface area contributed by atoms with Crippen molar-refractivity contribution in [2.24, 2.45) is 0 Å². The number of alkyl halides is 3. The van der Waals surface area contributed by atoms with E-state index in [2.05, 4.69) is 5.32 Å². The van der Waals surface area contributed by atoms with Crippen LogP contribution in [0.15, 0.2) is 54.6 Å². The van der Waals surface area contributed by atoms with Gasteiger partial charge in [-0.2, -0.15) is 18.4 Å². The molecule has 0 aliphatic heterocycles. The van der Waals surface area contributed by atoms with E-state index in [1.54, 1.807) is 24.3 Å². The van der Waals surface area contributed by atoms with Gasteiger partial charge in [0.05, 0.1) is 18.2 Å². The second kappa shape index (κ2) is 9.43. The first kappa shape index (κ1) is 20.0. The van der Waals surface area contributed by atoms with E-state index in [0.717, 1.165) is 12.1 Å². The average molecular weight is 374 g/mol. The quantitative estimate of drug-likeness (QED) is 0.546. The number of benzene rings is 2. The zero-order valence-corrected chi connectivity index (χ0v) is 14.3. The van der Waals surface area contributed by atoms with Crippen LogP contribution in [0.4, 0.5) is 18.9 Å². The van der Waals surface area contributed by atoms with E-state index in [1.807, 2.05) is 6.07 Å². The number of nitriles is 1. The van der Waals surface area contributed by atoms with Gasteiger partial charge in [-0.15, -0.1) is 0 Å². The molecule has 4 nitrogen and oxygen atoms in total. The fourth-order valence-corrected chi connectivity index (χ4v) is 2.14. The van der Waals surface area contributed by atoms with Crippen molar-refractivity contribution in [3.8, 4) is 11.8 Å². The number of nitrogens with one attached hydrogen (secondary N) is 1. The van der Waals surface area contributed by atoms with Crippen LogP contribution >= 0.6 is 0 Å². The van der Waals surface area contributed by atoms with Gasteiger partial charge in [-0.3, -0.25) is 4.79 Å². The van der Waals surface area contributed by atoms with E-state index in [9.17, 15) is 18.0 Å². The second-order valence-corrected chi connectivity index (χ2v) is 5.58. The summed E-state index contributed by atoms with van der Waals surface area (Å²) in [5.41, 5.74) is 0.262. The molecule has 0 fully saturated rings. The Hall–Kier alpha value is -3.27. The summed E-state index contributed by atoms with van der Waals surface area (Å²) in [5.74, 6) is 0.147. The molecular formula is C20H17F3N2O2. The zero-order chi connectivity index (χ0) is 19.7. The summed E-state index contributed by atoms with van der Waals surface area (Å²) in [5, 5.41) is 11.1. The lowest BCUT2D eigenvalue weighted by Gasteiger charge is -2.08. The van der Waals surface area contributed by atoms with Crippen molar-refractivity contribution < 1.29 is 22.7 Å². The summed E-state index contributed by atoms with van der Waals surface area (Å²) in [6, 6.07) is 13.3. The first-order valence-corrected chi connectivity index (χ1v) is 8.14. The van der Waals surface area contributed by atoms with Gasteiger partial charge in [0.1, 0.15) is 5.75 Å². The van der Waals surface area contributed by atoms with Gasteiger partial charge in [0, 0.05) is 24.3 Å². The highest BCUT2D eigenvalue weighted by Gasteiger charge is 2.29. The third kappa shape index (κ3) is 6.86. The Morgan fingerprint density at radius 1 is 1.19 bits per heavy atom. The largest absolute Gasteiger partial charge is 0.493 e. The van der Waals surface area contributed by atoms with E-state index in [-0.39, 0.29) is 0 Å². The number of amides is 1. The van der Waals surface area contributed by atoms with Crippen LogP contribution in [0.1, 0.15) is 24.0 Å². The van der Waals surface area contributed by atoms with Crippen molar-refractivity contribution in [1.82, 2.24) is 0 Å². The van der Waals surface area contributed by atoms with Crippen molar-refractivity contribution in [3.05, 3.63) is 65.7 Å². The van der Waals surface area contributed by atoms with Crippen LogP contribution in [0.5, 0.6) is 5.75 Å². The fraction of sp³-hybridized carbons (Fsp3) is 0.200. The molecule has 0 aliphatic rings. The minimum absolute atomic E-state index is 0.402. The van der Waals surface area contributed by atoms with Gasteiger partial charge in [0.15, 0.2) is 0 Å². The number of ether oxygens (including phenoxy) is 1. The smallest absolute Gasteiger partial charge is 0.416 e. The number of rotatable bonds is 7. The summed E-state index contributed by atoms with van der Waals surface area (Å²) in [7, 11) is 0. The maximum atomic E-state index is 12.5. The molecule has 0 spiro atoms. The summed E-state index contributed by atoms with van der Waals surface area (Å²) in [4.78, 5) is 12.0. The van der Waals surface area contributed by atoms with Crippen LogP contribution in [0.3, 0.4) is 0 Å². The van der Waals surface area contributed by atoms with Crippen LogP contribution < -0.4 is 10.1 Å². The number of hydrogen-bond acceptors (Lipinski definition) is 3. The number of hydrogen-bond donors (Lipinski definition) is 1. The van der Waals surface area contributed by atoms with Crippen molar-refractivity contribution in [3.63, 3.8) is 0 Å². The Labute approximate surface area is 154 Å². The van der Waals surface area contributed by atoms with Gasteiger partial charge in [0.2, 0.25) is 5.91 Å². The van der Waals surface area contributed by atoms with E-state index < -0.39 is 17.6 Å². The number of carbonyl (C=O) groups is 1. The molecular weight excluding hydrogens is 357 g/mol. The SMILES string of the molecule is N#CCCCOc1cccc(NC(=O)/C=C/c2ccc(C(F)(F)F)cc2)c1. The minimum atomic E-state index is -4.39. The van der Waals surface area contributed by atoms with E-state index >= 15 is 0 Å². The highest BCUT2D eigenvalue weighted by molar-refractivity contribution is 6.02. The molecule has 0 aliphatic carbocycles. The van der Waals surface area contributed by atoms with Gasteiger partial charge >= 0.3 is 6.18 Å². The Morgan fingerprint density at radius 2 is 1.93 bits per heavy atom. The minimum Gasteiger partial charge on any atom is -0.493 e. The Balaban J connectivity index is 1.91. The van der Waals surface area contributed by atoms with Crippen molar-refractivity contribution in [1.29, 1.82) is 5.26 Å². The van der Waals surface area contributed by atoms with E-state index in [1.165, 1.54) is 24.3 Å². The first-order valence-electron chi connectivity index (χ1n) is 8.14. The first-order chi connectivity index (χ1) is 12.9. The van der Waals surface area contributed by atoms with Crippen molar-refractivity contribution in [2.45, 2.75) is 19.0 Å². The van der Waals surface area contributed by atoms with Gasteiger partial charge in [-0.1, -0.05) is 18.2 Å². The van der Waals surface area contributed by atoms with Crippen LogP contribution in [-0.4, -0.2) is 12.5 Å². The number of carbonyl (C=O) groups excluding carboxylic acids is 1. The van der Waals surface area contributed by atoms with E-state index in [4.69, 9.17) is 10.00 Å². The number of unbranched alkanes of at least 4 members (excludes halogenated alkanes) is 1. The third-order valence-electron chi connectivity index (χ3n) is 3.47. The summed E-state index contributed by atoms with van der Waals surface area (Å²) in [6.45, 7) is 0.402. The molecule has 2 aromatic rings. The molecule has 0 atom stereocenters. The summed E-state index contributed by atoms with van der Waals surface area (Å²) < 4.78 is 43.0. The maximum Gasteiger partial charge on any atom is 0.416 e. The van der Waals surface area contributed by atoms with Crippen LogP contribution in [0, 0.1) is 11.3 Å². The Kier molecular flexibility index (Phi) is 7.00. The molecule has 2 rings (SSSR count). The highest BCUT2D eigenvalue weighted by Crippen LogP contribution is 2.29. The van der Waals surface area contributed by atoms with Gasteiger partial charge < -0.3 is 10.1 Å². The molecule has 0 aromatic heterocycles. The van der Waals surface area contributed by atoms with Gasteiger partial charge in [-0.05, 0) is 42.3 Å². The van der Waals surface area contributed by atoms with Gasteiger partial charge in [0.25, 0.3) is 0 Å². The normalized spacial score (nSPS) is 11.2. The van der Waals surface area contributed by atoms with Crippen LogP contribution in [0.2, 0.25) is 0 Å². The topological polar surface area (TPSA) is 62.1 Å². The average Bonchev–Trinajstić information content (AvgIpc) is 2.63. The monoisotopic (exact) mass is 374 g/mol. The third-order valence-corrected chi connectivity index (χ3v) is 3.47. The van der Waals surface area contributed by atoms with Crippen molar-refractivity contribution in [2.75, 3.05) is 11.9 Å². The molecule has 0 bridgehead atoms. The lowest BCUT2D eigenvalue weighted by Crippen LogP contribution is -2.08. The molecule has 0 unspecified atom stereocenters. The molecule has 7 heteroatoms. The molecule has 0 saturated carbocycles. The molecule has 27 heavy (non-hydrogen) atoms. The predicted molar refractivity (Wildman–Crippen MR) is 95.9 cm³/mol. The maximum absolute atomic E-state index is 12.5. The fourth-order valence-electron chi connectivity index (χ4n) is 2.14. The van der Waals surface area contributed by atoms with Gasteiger partial charge in [-0.25, -0.2) is 0 Å². The molecule has 140 valence electrons. The molecule has 2 aromatic carbocycles. The molecule has 0 radical (unpaired) electrons. The molecule has 1 amide bonds. The lowest BCUT2D eigenvalue weighted by atomic mass is 10.1.